The number of aromatic nitrogens is 2. The standard InChI is InChI=1S/C25H32FN3O5S/c1-24(2,3)35(30)29-20(23-27-17-21(34-23)18-9-6-7-10-19(18)26)11-5-4-8-13-25(31-15-16-32-25)22-12-14-33-28-22/h6-7,9-10,12,14,17,20,29H,4-5,8,11,13,15-16H2,1-3H3/t20?,35-/m1/s1. The minimum absolute atomic E-state index is 0.344. The van der Waals surface area contributed by atoms with Gasteiger partial charge >= 0.3 is 0 Å². The molecule has 1 unspecified atom stereocenters. The van der Waals surface area contributed by atoms with E-state index in [1.807, 2.05) is 20.8 Å². The average Bonchev–Trinajstić information content (AvgIpc) is 3.60. The number of halogens is 1. The summed E-state index contributed by atoms with van der Waals surface area (Å²) in [6, 6.07) is 7.79. The lowest BCUT2D eigenvalue weighted by Crippen LogP contribution is -2.41. The third-order valence-electron chi connectivity index (χ3n) is 5.85. The molecule has 1 aromatic carbocycles. The molecule has 1 aliphatic heterocycles. The van der Waals surface area contributed by atoms with E-state index in [9.17, 15) is 8.94 Å². The zero-order valence-corrected chi connectivity index (χ0v) is 21.1. The molecule has 1 saturated heterocycles. The van der Waals surface area contributed by atoms with Gasteiger partial charge in [-0.25, -0.2) is 9.37 Å². The van der Waals surface area contributed by atoms with Crippen molar-refractivity contribution in [3.05, 3.63) is 60.2 Å². The number of ether oxygens (including phenoxy) is 2. The van der Waals surface area contributed by atoms with E-state index in [2.05, 4.69) is 14.9 Å². The minimum Gasteiger partial charge on any atom is -0.598 e. The molecule has 0 bridgehead atoms. The van der Waals surface area contributed by atoms with Crippen LogP contribution in [0.1, 0.15) is 70.5 Å². The van der Waals surface area contributed by atoms with Crippen LogP contribution in [0.4, 0.5) is 4.39 Å². The Hall–Kier alpha value is -2.24. The molecule has 2 aromatic heterocycles. The third-order valence-corrected chi connectivity index (χ3v) is 7.46. The SMILES string of the molecule is CC(C)(C)[S@@+]([O-])NC(CCCCCC1(c2ccon2)OCCO1)c1ncc(-c2ccccc2F)o1. The second-order valence-corrected chi connectivity index (χ2v) is 11.5. The van der Waals surface area contributed by atoms with E-state index in [0.29, 0.717) is 49.0 Å². The summed E-state index contributed by atoms with van der Waals surface area (Å²) >= 11 is -1.33. The first-order valence-electron chi connectivity index (χ1n) is 11.9. The van der Waals surface area contributed by atoms with Crippen molar-refractivity contribution < 1.29 is 27.4 Å². The number of benzene rings is 1. The van der Waals surface area contributed by atoms with E-state index >= 15 is 0 Å². The van der Waals surface area contributed by atoms with Crippen molar-refractivity contribution in [1.82, 2.24) is 14.9 Å². The molecule has 0 amide bonds. The van der Waals surface area contributed by atoms with Crippen molar-refractivity contribution in [2.75, 3.05) is 13.2 Å². The molecule has 0 saturated carbocycles. The lowest BCUT2D eigenvalue weighted by Gasteiger charge is -2.27. The summed E-state index contributed by atoms with van der Waals surface area (Å²) in [4.78, 5) is 4.39. The first kappa shape index (κ1) is 25.8. The second-order valence-electron chi connectivity index (χ2n) is 9.53. The van der Waals surface area contributed by atoms with Crippen LogP contribution in [-0.2, 0) is 26.6 Å². The number of hydrogen-bond donors (Lipinski definition) is 1. The Morgan fingerprint density at radius 3 is 2.60 bits per heavy atom. The fraction of sp³-hybridized carbons (Fsp3) is 0.520. The molecule has 4 rings (SSSR count). The maximum absolute atomic E-state index is 14.2. The predicted octanol–water partition coefficient (Wildman–Crippen LogP) is 5.41. The molecular weight excluding hydrogens is 473 g/mol. The maximum atomic E-state index is 14.2. The largest absolute Gasteiger partial charge is 0.598 e. The smallest absolute Gasteiger partial charge is 0.216 e. The van der Waals surface area contributed by atoms with Crippen molar-refractivity contribution in [2.45, 2.75) is 69.5 Å². The lowest BCUT2D eigenvalue weighted by molar-refractivity contribution is -0.175. The van der Waals surface area contributed by atoms with E-state index in [1.54, 1.807) is 24.3 Å². The maximum Gasteiger partial charge on any atom is 0.216 e. The van der Waals surface area contributed by atoms with Gasteiger partial charge in [-0.05, 0) is 45.7 Å². The van der Waals surface area contributed by atoms with Gasteiger partial charge in [0.2, 0.25) is 11.7 Å². The highest BCUT2D eigenvalue weighted by Gasteiger charge is 2.40. The predicted molar refractivity (Wildman–Crippen MR) is 129 cm³/mol. The van der Waals surface area contributed by atoms with Crippen LogP contribution >= 0.6 is 0 Å². The first-order chi connectivity index (χ1) is 16.8. The molecule has 10 heteroatoms. The lowest BCUT2D eigenvalue weighted by atomic mass is 10.0. The summed E-state index contributed by atoms with van der Waals surface area (Å²) in [6.45, 7) is 6.74. The molecule has 3 aromatic rings. The molecule has 1 fully saturated rings. The Kier molecular flexibility index (Phi) is 8.28. The molecule has 0 radical (unpaired) electrons. The second kappa shape index (κ2) is 11.2. The molecule has 1 aliphatic rings. The first-order valence-corrected chi connectivity index (χ1v) is 13.0. The number of oxazole rings is 1. The number of nitrogens with one attached hydrogen (secondary N) is 1. The van der Waals surface area contributed by atoms with Crippen LogP contribution in [-0.4, -0.2) is 32.7 Å². The summed E-state index contributed by atoms with van der Waals surface area (Å²) in [5.74, 6) is -0.496. The molecule has 2 atom stereocenters. The van der Waals surface area contributed by atoms with Gasteiger partial charge in [-0.15, -0.1) is 4.72 Å². The van der Waals surface area contributed by atoms with Crippen molar-refractivity contribution in [3.63, 3.8) is 0 Å². The Morgan fingerprint density at radius 1 is 1.14 bits per heavy atom. The van der Waals surface area contributed by atoms with Gasteiger partial charge in [0.1, 0.15) is 28.6 Å². The quantitative estimate of drug-likeness (QED) is 0.272. The molecule has 190 valence electrons. The number of unbranched alkanes of at least 4 members (excludes halogenated alkanes) is 2. The van der Waals surface area contributed by atoms with Gasteiger partial charge in [-0.2, -0.15) is 0 Å². The molecule has 0 aliphatic carbocycles. The summed E-state index contributed by atoms with van der Waals surface area (Å²) in [5, 5.41) is 4.01. The Labute approximate surface area is 207 Å². The Bertz CT molecular complexity index is 1060. The minimum atomic E-state index is -1.33. The molecule has 35 heavy (non-hydrogen) atoms. The highest BCUT2D eigenvalue weighted by molar-refractivity contribution is 7.90. The topological polar surface area (TPSA) is 106 Å². The Morgan fingerprint density at radius 2 is 1.91 bits per heavy atom. The van der Waals surface area contributed by atoms with Crippen molar-refractivity contribution in [3.8, 4) is 11.3 Å². The van der Waals surface area contributed by atoms with Gasteiger partial charge in [-0.1, -0.05) is 30.1 Å². The van der Waals surface area contributed by atoms with E-state index in [4.69, 9.17) is 18.4 Å². The van der Waals surface area contributed by atoms with Crippen LogP contribution in [0.3, 0.4) is 0 Å². The van der Waals surface area contributed by atoms with Crippen LogP contribution in [0.2, 0.25) is 0 Å². The van der Waals surface area contributed by atoms with Crippen LogP contribution in [0, 0.1) is 5.82 Å². The van der Waals surface area contributed by atoms with Crippen LogP contribution in [0.15, 0.2) is 51.7 Å². The fourth-order valence-corrected chi connectivity index (χ4v) is 4.77. The summed E-state index contributed by atoms with van der Waals surface area (Å²) in [6.07, 6.45) is 6.88. The zero-order chi connectivity index (χ0) is 24.9. The molecular formula is C25H32FN3O5S. The molecule has 8 nitrogen and oxygen atoms in total. The summed E-state index contributed by atoms with van der Waals surface area (Å²) < 4.78 is 52.4. The van der Waals surface area contributed by atoms with Gasteiger partial charge in [0.05, 0.1) is 25.0 Å². The van der Waals surface area contributed by atoms with E-state index < -0.39 is 21.9 Å². The van der Waals surface area contributed by atoms with Gasteiger partial charge < -0.3 is 23.0 Å². The number of rotatable bonds is 11. The van der Waals surface area contributed by atoms with Gasteiger partial charge in [0.15, 0.2) is 5.76 Å². The Balaban J connectivity index is 1.39. The highest BCUT2D eigenvalue weighted by atomic mass is 32.2. The average molecular weight is 506 g/mol. The zero-order valence-electron chi connectivity index (χ0n) is 20.3. The van der Waals surface area contributed by atoms with Crippen molar-refractivity contribution in [1.29, 1.82) is 0 Å². The molecule has 3 heterocycles. The molecule has 0 spiro atoms. The number of hydrogen-bond acceptors (Lipinski definition) is 8. The van der Waals surface area contributed by atoms with E-state index in [-0.39, 0.29) is 11.9 Å². The normalized spacial score (nSPS) is 17.5. The third kappa shape index (κ3) is 6.31. The van der Waals surface area contributed by atoms with Gasteiger partial charge in [0, 0.05) is 23.8 Å². The molecule has 1 N–H and O–H groups in total. The highest BCUT2D eigenvalue weighted by Crippen LogP contribution is 2.36. The fourth-order valence-electron chi connectivity index (χ4n) is 3.94. The van der Waals surface area contributed by atoms with Gasteiger partial charge in [0.25, 0.3) is 0 Å². The van der Waals surface area contributed by atoms with Crippen LogP contribution in [0.25, 0.3) is 11.3 Å². The van der Waals surface area contributed by atoms with E-state index in [1.165, 1.54) is 18.5 Å². The van der Waals surface area contributed by atoms with Crippen molar-refractivity contribution in [2.24, 2.45) is 0 Å². The van der Waals surface area contributed by atoms with Crippen molar-refractivity contribution >= 4 is 11.4 Å². The van der Waals surface area contributed by atoms with Crippen LogP contribution < -0.4 is 4.72 Å². The monoisotopic (exact) mass is 505 g/mol. The van der Waals surface area contributed by atoms with Crippen LogP contribution in [0.5, 0.6) is 0 Å². The van der Waals surface area contributed by atoms with E-state index in [0.717, 1.165) is 19.3 Å². The van der Waals surface area contributed by atoms with Gasteiger partial charge in [-0.3, -0.25) is 0 Å². The summed E-state index contributed by atoms with van der Waals surface area (Å²) in [7, 11) is 0. The number of nitrogens with zero attached hydrogens (tertiary/aromatic N) is 2. The summed E-state index contributed by atoms with van der Waals surface area (Å²) in [5.41, 5.74) is 0.993.